The van der Waals surface area contributed by atoms with Gasteiger partial charge in [0, 0.05) is 59.5 Å². The molecule has 0 aromatic heterocycles. The Kier molecular flexibility index (Phi) is 5.46. The zero-order valence-corrected chi connectivity index (χ0v) is 20.2. The summed E-state index contributed by atoms with van der Waals surface area (Å²) in [6.07, 6.45) is 0. The monoisotopic (exact) mass is 471 g/mol. The number of morpholine rings is 2. The van der Waals surface area contributed by atoms with Gasteiger partial charge in [-0.2, -0.15) is 0 Å². The van der Waals surface area contributed by atoms with Crippen molar-refractivity contribution in [3.8, 4) is 0 Å². The number of benzene rings is 3. The van der Waals surface area contributed by atoms with Gasteiger partial charge in [-0.05, 0) is 49.7 Å². The van der Waals surface area contributed by atoms with Gasteiger partial charge in [0.05, 0.1) is 32.1 Å². The summed E-state index contributed by atoms with van der Waals surface area (Å²) in [5.74, 6) is -0.542. The van der Waals surface area contributed by atoms with E-state index in [0.29, 0.717) is 43.2 Å². The van der Waals surface area contributed by atoms with Crippen LogP contribution in [-0.2, 0) is 9.47 Å². The van der Waals surface area contributed by atoms with Crippen LogP contribution >= 0.6 is 0 Å². The molecule has 3 aromatic rings. The number of carbonyl (C=O) groups excluding carboxylic acids is 2. The molecule has 0 bridgehead atoms. The Hall–Kier alpha value is -3.42. The quantitative estimate of drug-likeness (QED) is 0.540. The summed E-state index contributed by atoms with van der Waals surface area (Å²) in [5, 5.41) is 1.74. The summed E-state index contributed by atoms with van der Waals surface area (Å²) in [6, 6.07) is 13.7. The van der Waals surface area contributed by atoms with E-state index in [4.69, 9.17) is 9.47 Å². The van der Waals surface area contributed by atoms with Crippen molar-refractivity contribution in [2.45, 2.75) is 13.8 Å². The number of aryl methyl sites for hydroxylation is 2. The molecule has 2 fully saturated rings. The van der Waals surface area contributed by atoms with Gasteiger partial charge in [-0.25, -0.2) is 4.90 Å². The van der Waals surface area contributed by atoms with Crippen LogP contribution in [-0.4, -0.2) is 64.4 Å². The fourth-order valence-corrected chi connectivity index (χ4v) is 5.56. The average molecular weight is 472 g/mol. The average Bonchev–Trinajstić information content (AvgIpc) is 2.89. The van der Waals surface area contributed by atoms with E-state index in [1.165, 1.54) is 4.90 Å². The molecular formula is C28H29N3O4. The molecular weight excluding hydrogens is 442 g/mol. The number of ether oxygens (including phenoxy) is 2. The second-order valence-electron chi connectivity index (χ2n) is 9.45. The van der Waals surface area contributed by atoms with Gasteiger partial charge >= 0.3 is 0 Å². The van der Waals surface area contributed by atoms with Crippen molar-refractivity contribution in [2.24, 2.45) is 0 Å². The van der Waals surface area contributed by atoms with Gasteiger partial charge in [-0.15, -0.1) is 0 Å². The summed E-state index contributed by atoms with van der Waals surface area (Å²) in [7, 11) is 0. The Morgan fingerprint density at radius 1 is 0.629 bits per heavy atom. The van der Waals surface area contributed by atoms with Gasteiger partial charge in [0.25, 0.3) is 11.8 Å². The fraction of sp³-hybridized carbons (Fsp3) is 0.357. The zero-order valence-electron chi connectivity index (χ0n) is 20.2. The number of imide groups is 1. The Bertz CT molecular complexity index is 1270. The number of carbonyl (C=O) groups is 2. The van der Waals surface area contributed by atoms with Gasteiger partial charge in [0.15, 0.2) is 0 Å². The second kappa shape index (κ2) is 8.66. The second-order valence-corrected chi connectivity index (χ2v) is 9.45. The molecule has 3 aromatic carbocycles. The maximum Gasteiger partial charge on any atom is 0.265 e. The first-order valence-electron chi connectivity index (χ1n) is 12.3. The standard InChI is InChI=1S/C28H29N3O4/c1-18-3-6-22(19(2)17-18)31-27(32)20-4-7-23(29-9-13-34-14-10-29)26-24(30-11-15-35-16-12-30)8-5-21(25(20)26)28(31)33/h3-8,17H,9-16H2,1-2H3. The molecule has 180 valence electrons. The molecule has 0 spiro atoms. The number of rotatable bonds is 3. The first kappa shape index (κ1) is 22.1. The lowest BCUT2D eigenvalue weighted by molar-refractivity contribution is 0.0893. The Morgan fingerprint density at radius 2 is 1.11 bits per heavy atom. The van der Waals surface area contributed by atoms with E-state index in [2.05, 4.69) is 9.80 Å². The predicted octanol–water partition coefficient (Wildman–Crippen LogP) is 3.93. The van der Waals surface area contributed by atoms with Crippen LogP contribution < -0.4 is 14.7 Å². The van der Waals surface area contributed by atoms with Crippen LogP contribution in [0.3, 0.4) is 0 Å². The van der Waals surface area contributed by atoms with Crippen LogP contribution in [0.2, 0.25) is 0 Å². The number of hydrogen-bond acceptors (Lipinski definition) is 6. The fourth-order valence-electron chi connectivity index (χ4n) is 5.56. The smallest absolute Gasteiger partial charge is 0.265 e. The Labute approximate surface area is 204 Å². The number of hydrogen-bond donors (Lipinski definition) is 0. The normalized spacial score (nSPS) is 18.5. The zero-order chi connectivity index (χ0) is 24.1. The summed E-state index contributed by atoms with van der Waals surface area (Å²) < 4.78 is 11.2. The maximum atomic E-state index is 13.9. The lowest BCUT2D eigenvalue weighted by Gasteiger charge is -2.36. The van der Waals surface area contributed by atoms with E-state index >= 15 is 0 Å². The van der Waals surface area contributed by atoms with E-state index in [0.717, 1.165) is 59.5 Å². The molecule has 0 saturated carbocycles. The largest absolute Gasteiger partial charge is 0.378 e. The van der Waals surface area contributed by atoms with E-state index in [1.807, 2.05) is 56.3 Å². The number of nitrogens with zero attached hydrogens (tertiary/aromatic N) is 3. The summed E-state index contributed by atoms with van der Waals surface area (Å²) in [6.45, 7) is 9.69. The molecule has 0 atom stereocenters. The van der Waals surface area contributed by atoms with Crippen molar-refractivity contribution in [1.29, 1.82) is 0 Å². The van der Waals surface area contributed by atoms with Crippen LogP contribution in [0, 0.1) is 13.8 Å². The van der Waals surface area contributed by atoms with Crippen LogP contribution in [0.1, 0.15) is 31.8 Å². The Balaban J connectivity index is 1.57. The third-order valence-electron chi connectivity index (χ3n) is 7.28. The molecule has 35 heavy (non-hydrogen) atoms. The predicted molar refractivity (Wildman–Crippen MR) is 137 cm³/mol. The topological polar surface area (TPSA) is 62.3 Å². The summed E-state index contributed by atoms with van der Waals surface area (Å²) in [4.78, 5) is 33.7. The minimum Gasteiger partial charge on any atom is -0.378 e. The van der Waals surface area contributed by atoms with Crippen LogP contribution in [0.15, 0.2) is 42.5 Å². The molecule has 6 rings (SSSR count). The highest BCUT2D eigenvalue weighted by molar-refractivity contribution is 6.37. The van der Waals surface area contributed by atoms with Gasteiger partial charge < -0.3 is 19.3 Å². The van der Waals surface area contributed by atoms with Gasteiger partial charge in [-0.3, -0.25) is 9.59 Å². The highest BCUT2D eigenvalue weighted by atomic mass is 16.5. The first-order valence-corrected chi connectivity index (χ1v) is 12.3. The third kappa shape index (κ3) is 3.58. The van der Waals surface area contributed by atoms with Crippen molar-refractivity contribution in [3.05, 3.63) is 64.7 Å². The van der Waals surface area contributed by atoms with Crippen molar-refractivity contribution < 1.29 is 19.1 Å². The molecule has 2 amide bonds. The molecule has 7 heteroatoms. The molecule has 2 saturated heterocycles. The molecule has 7 nitrogen and oxygen atoms in total. The van der Waals surface area contributed by atoms with Crippen LogP contribution in [0.4, 0.5) is 17.1 Å². The van der Waals surface area contributed by atoms with Crippen molar-refractivity contribution >= 4 is 39.6 Å². The molecule has 0 unspecified atom stereocenters. The van der Waals surface area contributed by atoms with Crippen LogP contribution in [0.25, 0.3) is 10.8 Å². The molecule has 3 heterocycles. The Morgan fingerprint density at radius 3 is 1.60 bits per heavy atom. The highest BCUT2D eigenvalue weighted by Gasteiger charge is 2.37. The van der Waals surface area contributed by atoms with E-state index in [9.17, 15) is 9.59 Å². The highest BCUT2D eigenvalue weighted by Crippen LogP contribution is 2.43. The maximum absolute atomic E-state index is 13.9. The van der Waals surface area contributed by atoms with Gasteiger partial charge in [0.1, 0.15) is 0 Å². The van der Waals surface area contributed by atoms with Crippen molar-refractivity contribution in [2.75, 3.05) is 67.3 Å². The minimum atomic E-state index is -0.271. The molecule has 0 aliphatic carbocycles. The molecule has 3 aliphatic rings. The first-order chi connectivity index (χ1) is 17.0. The SMILES string of the molecule is Cc1ccc(N2C(=O)c3ccc(N4CCOCC4)c4c(N5CCOCC5)ccc(c34)C2=O)c(C)c1. The number of amides is 2. The van der Waals surface area contributed by atoms with E-state index < -0.39 is 0 Å². The molecule has 3 aliphatic heterocycles. The molecule has 0 radical (unpaired) electrons. The minimum absolute atomic E-state index is 0.271. The summed E-state index contributed by atoms with van der Waals surface area (Å²) >= 11 is 0. The third-order valence-corrected chi connectivity index (χ3v) is 7.28. The van der Waals surface area contributed by atoms with Gasteiger partial charge in [0.2, 0.25) is 0 Å². The van der Waals surface area contributed by atoms with Crippen molar-refractivity contribution in [1.82, 2.24) is 0 Å². The van der Waals surface area contributed by atoms with Crippen molar-refractivity contribution in [3.63, 3.8) is 0 Å². The lowest BCUT2D eigenvalue weighted by Crippen LogP contribution is -2.42. The van der Waals surface area contributed by atoms with Gasteiger partial charge in [-0.1, -0.05) is 17.7 Å². The number of anilines is 3. The van der Waals surface area contributed by atoms with E-state index in [1.54, 1.807) is 0 Å². The lowest BCUT2D eigenvalue weighted by atomic mass is 9.90. The van der Waals surface area contributed by atoms with Crippen LogP contribution in [0.5, 0.6) is 0 Å². The summed E-state index contributed by atoms with van der Waals surface area (Å²) in [5.41, 5.74) is 5.88. The van der Waals surface area contributed by atoms with E-state index in [-0.39, 0.29) is 11.8 Å². The molecule has 0 N–H and O–H groups in total.